The normalized spacial score (nSPS) is 11.2. The summed E-state index contributed by atoms with van der Waals surface area (Å²) in [6, 6.07) is 6.97. The van der Waals surface area contributed by atoms with Crippen molar-refractivity contribution in [1.82, 2.24) is 9.55 Å². The van der Waals surface area contributed by atoms with Gasteiger partial charge in [-0.25, -0.2) is 18.2 Å². The third-order valence-electron chi connectivity index (χ3n) is 2.95. The lowest BCUT2D eigenvalue weighted by atomic mass is 10.2. The fourth-order valence-electron chi connectivity index (χ4n) is 2.11. The topological polar surface area (TPSA) is 17.8 Å². The van der Waals surface area contributed by atoms with Crippen molar-refractivity contribution >= 4 is 22.6 Å². The predicted molar refractivity (Wildman–Crippen MR) is 70.5 cm³/mol. The molecule has 0 fully saturated rings. The van der Waals surface area contributed by atoms with Crippen LogP contribution in [-0.4, -0.2) is 9.55 Å². The second kappa shape index (κ2) is 4.83. The molecule has 0 atom stereocenters. The molecular formula is C14H8ClF3N2. The summed E-state index contributed by atoms with van der Waals surface area (Å²) in [5, 5.41) is 0. The van der Waals surface area contributed by atoms with E-state index in [4.69, 9.17) is 11.6 Å². The third kappa shape index (κ3) is 2.04. The van der Waals surface area contributed by atoms with Crippen LogP contribution in [0, 0.1) is 17.5 Å². The standard InChI is InChI=1S/C14H8ClF3N2/c15-7-14-19-11-4-2-9(17)6-13(11)20(14)12-5-8(16)1-3-10(12)18/h1-6H,7H2. The molecule has 0 aliphatic heterocycles. The summed E-state index contributed by atoms with van der Waals surface area (Å²) in [5.74, 6) is -1.42. The highest BCUT2D eigenvalue weighted by atomic mass is 35.5. The number of rotatable bonds is 2. The van der Waals surface area contributed by atoms with E-state index in [-0.39, 0.29) is 11.6 Å². The van der Waals surface area contributed by atoms with E-state index in [1.54, 1.807) is 0 Å². The largest absolute Gasteiger partial charge is 0.292 e. The van der Waals surface area contributed by atoms with Gasteiger partial charge in [0.25, 0.3) is 0 Å². The third-order valence-corrected chi connectivity index (χ3v) is 3.19. The van der Waals surface area contributed by atoms with E-state index in [1.165, 1.54) is 22.8 Å². The molecule has 0 radical (unpaired) electrons. The van der Waals surface area contributed by atoms with Crippen molar-refractivity contribution in [2.75, 3.05) is 0 Å². The fourth-order valence-corrected chi connectivity index (χ4v) is 2.29. The zero-order chi connectivity index (χ0) is 14.3. The Morgan fingerprint density at radius 2 is 1.70 bits per heavy atom. The van der Waals surface area contributed by atoms with Gasteiger partial charge in [-0.05, 0) is 24.3 Å². The Kier molecular flexibility index (Phi) is 3.14. The lowest BCUT2D eigenvalue weighted by molar-refractivity contribution is 0.592. The number of hydrogen-bond donors (Lipinski definition) is 0. The average molecular weight is 297 g/mol. The van der Waals surface area contributed by atoms with E-state index >= 15 is 0 Å². The van der Waals surface area contributed by atoms with Crippen molar-refractivity contribution in [1.29, 1.82) is 0 Å². The quantitative estimate of drug-likeness (QED) is 0.649. The van der Waals surface area contributed by atoms with Crippen LogP contribution >= 0.6 is 11.6 Å². The maximum absolute atomic E-state index is 13.9. The number of nitrogens with zero attached hydrogens (tertiary/aromatic N) is 2. The van der Waals surface area contributed by atoms with Crippen molar-refractivity contribution in [3.05, 3.63) is 59.7 Å². The number of benzene rings is 2. The first-order valence-corrected chi connectivity index (χ1v) is 6.32. The molecule has 3 rings (SSSR count). The van der Waals surface area contributed by atoms with E-state index in [2.05, 4.69) is 4.98 Å². The second-order valence-corrected chi connectivity index (χ2v) is 4.49. The molecule has 6 heteroatoms. The van der Waals surface area contributed by atoms with Crippen LogP contribution in [-0.2, 0) is 5.88 Å². The summed E-state index contributed by atoms with van der Waals surface area (Å²) in [4.78, 5) is 4.19. The Labute approximate surface area is 117 Å². The van der Waals surface area contributed by atoms with Gasteiger partial charge in [0.05, 0.1) is 22.6 Å². The number of imidazole rings is 1. The van der Waals surface area contributed by atoms with Gasteiger partial charge < -0.3 is 0 Å². The van der Waals surface area contributed by atoms with Gasteiger partial charge in [-0.15, -0.1) is 11.6 Å². The minimum atomic E-state index is -0.638. The molecule has 0 spiro atoms. The molecule has 0 bridgehead atoms. The molecule has 102 valence electrons. The van der Waals surface area contributed by atoms with Gasteiger partial charge in [0, 0.05) is 12.1 Å². The summed E-state index contributed by atoms with van der Waals surface area (Å²) in [6.07, 6.45) is 0. The van der Waals surface area contributed by atoms with Gasteiger partial charge >= 0.3 is 0 Å². The van der Waals surface area contributed by atoms with Gasteiger partial charge in [-0.3, -0.25) is 4.57 Å². The molecule has 0 saturated carbocycles. The van der Waals surface area contributed by atoms with Crippen LogP contribution in [0.15, 0.2) is 36.4 Å². The molecule has 0 N–H and O–H groups in total. The number of halogens is 4. The summed E-state index contributed by atoms with van der Waals surface area (Å²) in [7, 11) is 0. The first-order valence-electron chi connectivity index (χ1n) is 5.78. The zero-order valence-electron chi connectivity index (χ0n) is 10.1. The minimum Gasteiger partial charge on any atom is -0.292 e. The highest BCUT2D eigenvalue weighted by Gasteiger charge is 2.16. The summed E-state index contributed by atoms with van der Waals surface area (Å²) < 4.78 is 42.0. The van der Waals surface area contributed by atoms with Crippen LogP contribution in [0.5, 0.6) is 0 Å². The Morgan fingerprint density at radius 3 is 2.45 bits per heavy atom. The maximum atomic E-state index is 13.9. The number of hydrogen-bond acceptors (Lipinski definition) is 1. The minimum absolute atomic E-state index is 0.00769. The van der Waals surface area contributed by atoms with E-state index < -0.39 is 17.5 Å². The molecule has 1 aromatic heterocycles. The molecule has 20 heavy (non-hydrogen) atoms. The Balaban J connectivity index is 2.39. The second-order valence-electron chi connectivity index (χ2n) is 4.23. The van der Waals surface area contributed by atoms with E-state index in [1.807, 2.05) is 0 Å². The summed E-state index contributed by atoms with van der Waals surface area (Å²) in [6.45, 7) is 0. The number of fused-ring (bicyclic) bond motifs is 1. The van der Waals surface area contributed by atoms with E-state index in [0.717, 1.165) is 18.2 Å². The van der Waals surface area contributed by atoms with Crippen LogP contribution in [0.2, 0.25) is 0 Å². The molecule has 1 heterocycles. The SMILES string of the molecule is Fc1ccc(F)c(-n2c(CCl)nc3ccc(F)cc32)c1. The van der Waals surface area contributed by atoms with Crippen LogP contribution in [0.3, 0.4) is 0 Å². The molecule has 0 unspecified atom stereocenters. The fraction of sp³-hybridized carbons (Fsp3) is 0.0714. The lowest BCUT2D eigenvalue weighted by Crippen LogP contribution is -2.03. The van der Waals surface area contributed by atoms with Gasteiger partial charge in [0.15, 0.2) is 0 Å². The first-order chi connectivity index (χ1) is 9.60. The smallest absolute Gasteiger partial charge is 0.147 e. The van der Waals surface area contributed by atoms with Crippen molar-refractivity contribution in [3.63, 3.8) is 0 Å². The lowest BCUT2D eigenvalue weighted by Gasteiger charge is -2.09. The van der Waals surface area contributed by atoms with Gasteiger partial charge in [-0.1, -0.05) is 0 Å². The van der Waals surface area contributed by atoms with Crippen molar-refractivity contribution in [3.8, 4) is 5.69 Å². The van der Waals surface area contributed by atoms with Gasteiger partial charge in [0.2, 0.25) is 0 Å². The first kappa shape index (κ1) is 13.0. The Hall–Kier alpha value is -2.01. The number of aromatic nitrogens is 2. The summed E-state index contributed by atoms with van der Waals surface area (Å²) in [5.41, 5.74) is 0.754. The zero-order valence-corrected chi connectivity index (χ0v) is 10.8. The molecule has 0 saturated heterocycles. The molecule has 0 aliphatic carbocycles. The Morgan fingerprint density at radius 1 is 1.00 bits per heavy atom. The average Bonchev–Trinajstić information content (AvgIpc) is 2.79. The molecular weight excluding hydrogens is 289 g/mol. The highest BCUT2D eigenvalue weighted by molar-refractivity contribution is 6.17. The molecule has 2 nitrogen and oxygen atoms in total. The number of alkyl halides is 1. The van der Waals surface area contributed by atoms with Crippen LogP contribution in [0.1, 0.15) is 5.82 Å². The van der Waals surface area contributed by atoms with Crippen molar-refractivity contribution < 1.29 is 13.2 Å². The highest BCUT2D eigenvalue weighted by Crippen LogP contribution is 2.25. The van der Waals surface area contributed by atoms with Gasteiger partial charge in [-0.2, -0.15) is 0 Å². The maximum Gasteiger partial charge on any atom is 0.147 e. The van der Waals surface area contributed by atoms with Crippen molar-refractivity contribution in [2.24, 2.45) is 0 Å². The van der Waals surface area contributed by atoms with Crippen LogP contribution < -0.4 is 0 Å². The van der Waals surface area contributed by atoms with Crippen molar-refractivity contribution in [2.45, 2.75) is 5.88 Å². The Bertz CT molecular complexity index is 798. The monoisotopic (exact) mass is 296 g/mol. The molecule has 3 aromatic rings. The predicted octanol–water partition coefficient (Wildman–Crippen LogP) is 4.18. The van der Waals surface area contributed by atoms with Crippen LogP contribution in [0.25, 0.3) is 16.7 Å². The van der Waals surface area contributed by atoms with Crippen LogP contribution in [0.4, 0.5) is 13.2 Å². The van der Waals surface area contributed by atoms with E-state index in [9.17, 15) is 13.2 Å². The van der Waals surface area contributed by atoms with Gasteiger partial charge in [0.1, 0.15) is 23.3 Å². The molecule has 2 aromatic carbocycles. The molecule has 0 amide bonds. The summed E-state index contributed by atoms with van der Waals surface area (Å²) >= 11 is 5.79. The van der Waals surface area contributed by atoms with E-state index in [0.29, 0.717) is 16.9 Å². The molecule has 0 aliphatic rings.